The Morgan fingerprint density at radius 1 is 1.56 bits per heavy atom. The number of hydrogen-bond acceptors (Lipinski definition) is 4. The van der Waals surface area contributed by atoms with Gasteiger partial charge >= 0.3 is 0 Å². The van der Waals surface area contributed by atoms with Crippen molar-refractivity contribution in [3.8, 4) is 0 Å². The number of piperidine rings is 1. The summed E-state index contributed by atoms with van der Waals surface area (Å²) in [5, 5.41) is 8.30. The van der Waals surface area contributed by atoms with E-state index in [0.717, 1.165) is 32.4 Å². The highest BCUT2D eigenvalue weighted by Crippen LogP contribution is 2.22. The smallest absolute Gasteiger partial charge is 0.252 e. The molecule has 1 aromatic rings. The molecule has 2 N–H and O–H groups in total. The summed E-state index contributed by atoms with van der Waals surface area (Å²) in [4.78, 5) is 13.5. The summed E-state index contributed by atoms with van der Waals surface area (Å²) in [6.45, 7) is 2.36. The summed E-state index contributed by atoms with van der Waals surface area (Å²) in [7, 11) is 1.63. The third-order valence-corrected chi connectivity index (χ3v) is 4.39. The van der Waals surface area contributed by atoms with Gasteiger partial charge in [-0.15, -0.1) is 11.3 Å². The Morgan fingerprint density at radius 2 is 2.33 bits per heavy atom. The molecule has 0 aromatic carbocycles. The number of rotatable bonds is 5. The van der Waals surface area contributed by atoms with Crippen molar-refractivity contribution in [2.24, 2.45) is 0 Å². The van der Waals surface area contributed by atoms with Crippen molar-refractivity contribution in [2.75, 3.05) is 26.7 Å². The zero-order valence-electron chi connectivity index (χ0n) is 10.7. The van der Waals surface area contributed by atoms with Gasteiger partial charge in [-0.05, 0) is 43.8 Å². The molecule has 1 fully saturated rings. The quantitative estimate of drug-likeness (QED) is 0.843. The average Bonchev–Trinajstić information content (AvgIpc) is 2.92. The second-order valence-corrected chi connectivity index (χ2v) is 5.57. The highest BCUT2D eigenvalue weighted by Gasteiger charge is 2.39. The van der Waals surface area contributed by atoms with Gasteiger partial charge in [-0.25, -0.2) is 0 Å². The van der Waals surface area contributed by atoms with Crippen LogP contribution in [-0.4, -0.2) is 38.3 Å². The van der Waals surface area contributed by atoms with Crippen molar-refractivity contribution in [3.63, 3.8) is 0 Å². The molecule has 0 bridgehead atoms. The Labute approximate surface area is 112 Å². The second-order valence-electron chi connectivity index (χ2n) is 4.53. The molecule has 1 amide bonds. The fourth-order valence-corrected chi connectivity index (χ4v) is 2.98. The van der Waals surface area contributed by atoms with E-state index >= 15 is 0 Å². The van der Waals surface area contributed by atoms with Gasteiger partial charge in [-0.1, -0.05) is 6.07 Å². The van der Waals surface area contributed by atoms with Gasteiger partial charge in [-0.2, -0.15) is 0 Å². The van der Waals surface area contributed by atoms with Gasteiger partial charge in [0.15, 0.2) is 0 Å². The summed E-state index contributed by atoms with van der Waals surface area (Å²) in [5.41, 5.74) is -0.624. The third-order valence-electron chi connectivity index (χ3n) is 3.45. The standard InChI is InChI=1S/C13H20N2O2S/c1-17-13(5-8-14-9-6-13)12(16)15-7-4-11-3-2-10-18-11/h2-3,10,14H,4-9H2,1H3,(H,15,16). The fourth-order valence-electron chi connectivity index (χ4n) is 2.27. The Balaban J connectivity index is 1.82. The molecule has 0 radical (unpaired) electrons. The van der Waals surface area contributed by atoms with Gasteiger partial charge in [-0.3, -0.25) is 4.79 Å². The fraction of sp³-hybridized carbons (Fsp3) is 0.615. The molecule has 1 saturated heterocycles. The number of thiophene rings is 1. The monoisotopic (exact) mass is 268 g/mol. The largest absolute Gasteiger partial charge is 0.368 e. The van der Waals surface area contributed by atoms with E-state index in [0.29, 0.717) is 6.54 Å². The van der Waals surface area contributed by atoms with E-state index in [-0.39, 0.29) is 5.91 Å². The topological polar surface area (TPSA) is 50.4 Å². The van der Waals surface area contributed by atoms with Gasteiger partial charge in [0.25, 0.3) is 5.91 Å². The van der Waals surface area contributed by atoms with Crippen molar-refractivity contribution in [1.29, 1.82) is 0 Å². The number of nitrogens with one attached hydrogen (secondary N) is 2. The van der Waals surface area contributed by atoms with E-state index in [1.807, 2.05) is 6.07 Å². The Morgan fingerprint density at radius 3 is 2.94 bits per heavy atom. The lowest BCUT2D eigenvalue weighted by atomic mass is 9.91. The van der Waals surface area contributed by atoms with E-state index in [1.54, 1.807) is 18.4 Å². The maximum Gasteiger partial charge on any atom is 0.252 e. The Hall–Kier alpha value is -0.910. The molecule has 18 heavy (non-hydrogen) atoms. The van der Waals surface area contributed by atoms with Gasteiger partial charge in [0.05, 0.1) is 0 Å². The SMILES string of the molecule is COC1(C(=O)NCCc2cccs2)CCNCC1. The average molecular weight is 268 g/mol. The van der Waals surface area contributed by atoms with E-state index < -0.39 is 5.60 Å². The lowest BCUT2D eigenvalue weighted by molar-refractivity contribution is -0.146. The number of ether oxygens (including phenoxy) is 1. The van der Waals surface area contributed by atoms with Crippen molar-refractivity contribution in [2.45, 2.75) is 24.9 Å². The van der Waals surface area contributed by atoms with Crippen molar-refractivity contribution in [3.05, 3.63) is 22.4 Å². The van der Waals surface area contributed by atoms with Crippen LogP contribution < -0.4 is 10.6 Å². The normalized spacial score (nSPS) is 18.5. The van der Waals surface area contributed by atoms with Crippen LogP contribution in [0.15, 0.2) is 17.5 Å². The minimum Gasteiger partial charge on any atom is -0.368 e. The molecule has 0 atom stereocenters. The molecule has 0 saturated carbocycles. The second kappa shape index (κ2) is 6.31. The molecule has 1 aromatic heterocycles. The van der Waals surface area contributed by atoms with Crippen LogP contribution >= 0.6 is 11.3 Å². The van der Waals surface area contributed by atoms with Crippen LogP contribution in [0.3, 0.4) is 0 Å². The number of carbonyl (C=O) groups is 1. The van der Waals surface area contributed by atoms with E-state index in [9.17, 15) is 4.79 Å². The Bertz CT molecular complexity index is 372. The van der Waals surface area contributed by atoms with Crippen molar-refractivity contribution < 1.29 is 9.53 Å². The lowest BCUT2D eigenvalue weighted by Crippen LogP contribution is -2.54. The van der Waals surface area contributed by atoms with Crippen LogP contribution in [0.25, 0.3) is 0 Å². The minimum atomic E-state index is -0.624. The highest BCUT2D eigenvalue weighted by atomic mass is 32.1. The van der Waals surface area contributed by atoms with E-state index in [4.69, 9.17) is 4.74 Å². The first-order valence-electron chi connectivity index (χ1n) is 6.33. The molecule has 4 nitrogen and oxygen atoms in total. The van der Waals surface area contributed by atoms with E-state index in [2.05, 4.69) is 22.1 Å². The summed E-state index contributed by atoms with van der Waals surface area (Å²) >= 11 is 1.72. The maximum atomic E-state index is 12.2. The molecule has 2 rings (SSSR count). The number of hydrogen-bond donors (Lipinski definition) is 2. The molecular formula is C13H20N2O2S. The van der Waals surface area contributed by atoms with Crippen LogP contribution in [0.2, 0.25) is 0 Å². The Kier molecular flexibility index (Phi) is 4.74. The molecule has 5 heteroatoms. The third kappa shape index (κ3) is 3.10. The summed E-state index contributed by atoms with van der Waals surface area (Å²) in [6, 6.07) is 4.12. The van der Waals surface area contributed by atoms with Gasteiger partial charge in [0.1, 0.15) is 5.60 Å². The molecular weight excluding hydrogens is 248 g/mol. The molecule has 100 valence electrons. The zero-order valence-corrected chi connectivity index (χ0v) is 11.5. The number of amides is 1. The zero-order chi connectivity index (χ0) is 12.8. The summed E-state index contributed by atoms with van der Waals surface area (Å²) in [5.74, 6) is 0.0306. The lowest BCUT2D eigenvalue weighted by Gasteiger charge is -2.34. The first-order chi connectivity index (χ1) is 8.77. The number of carbonyl (C=O) groups excluding carboxylic acids is 1. The molecule has 2 heterocycles. The molecule has 0 aliphatic carbocycles. The van der Waals surface area contributed by atoms with Crippen molar-refractivity contribution >= 4 is 17.2 Å². The van der Waals surface area contributed by atoms with Gasteiger partial charge in [0, 0.05) is 18.5 Å². The van der Waals surface area contributed by atoms with Crippen molar-refractivity contribution in [1.82, 2.24) is 10.6 Å². The molecule has 1 aliphatic rings. The van der Waals surface area contributed by atoms with Crippen LogP contribution in [0, 0.1) is 0 Å². The first-order valence-corrected chi connectivity index (χ1v) is 7.21. The predicted molar refractivity (Wildman–Crippen MR) is 72.9 cm³/mol. The predicted octanol–water partition coefficient (Wildman–Crippen LogP) is 1.18. The van der Waals surface area contributed by atoms with Crippen LogP contribution in [0.4, 0.5) is 0 Å². The van der Waals surface area contributed by atoms with Crippen LogP contribution in [0.5, 0.6) is 0 Å². The highest BCUT2D eigenvalue weighted by molar-refractivity contribution is 7.09. The van der Waals surface area contributed by atoms with Gasteiger partial charge < -0.3 is 15.4 Å². The molecule has 0 spiro atoms. The summed E-state index contributed by atoms with van der Waals surface area (Å²) in [6.07, 6.45) is 2.38. The minimum absolute atomic E-state index is 0.0306. The molecule has 1 aliphatic heterocycles. The van der Waals surface area contributed by atoms with Crippen LogP contribution in [0.1, 0.15) is 17.7 Å². The number of methoxy groups -OCH3 is 1. The van der Waals surface area contributed by atoms with E-state index in [1.165, 1.54) is 4.88 Å². The van der Waals surface area contributed by atoms with Crippen LogP contribution in [-0.2, 0) is 16.0 Å². The summed E-state index contributed by atoms with van der Waals surface area (Å²) < 4.78 is 5.48. The molecule has 0 unspecified atom stereocenters. The first kappa shape index (κ1) is 13.5. The maximum absolute atomic E-state index is 12.2. The van der Waals surface area contributed by atoms with Gasteiger partial charge in [0.2, 0.25) is 0 Å².